The molecule has 0 N–H and O–H groups in total. The van der Waals surface area contributed by atoms with Crippen molar-refractivity contribution in [3.05, 3.63) is 29.8 Å². The third kappa shape index (κ3) is 2.98. The van der Waals surface area contributed by atoms with Gasteiger partial charge in [0.15, 0.2) is 0 Å². The first-order valence-electron chi connectivity index (χ1n) is 6.53. The Morgan fingerprint density at radius 3 is 2.65 bits per heavy atom. The molecule has 1 nitrogen and oxygen atoms in total. The Bertz CT molecular complexity index is 371. The molecule has 0 aromatic heterocycles. The number of hydrogen-bond acceptors (Lipinski definition) is 2. The van der Waals surface area contributed by atoms with Gasteiger partial charge in [-0.05, 0) is 42.6 Å². The van der Waals surface area contributed by atoms with Crippen LogP contribution in [0.4, 0.5) is 0 Å². The van der Waals surface area contributed by atoms with Crippen molar-refractivity contribution in [2.45, 2.75) is 39.0 Å². The van der Waals surface area contributed by atoms with E-state index in [1.54, 1.807) is 0 Å². The minimum Gasteiger partial charge on any atom is -0.493 e. The number of thiol groups is 1. The average Bonchev–Trinajstić information content (AvgIpc) is 3.16. The number of rotatable bonds is 6. The lowest BCUT2D eigenvalue weighted by atomic mass is 9.98. The molecule has 2 rings (SSSR count). The van der Waals surface area contributed by atoms with Gasteiger partial charge in [0.1, 0.15) is 5.75 Å². The molecule has 1 aliphatic rings. The molecule has 2 heteroatoms. The molecule has 1 saturated carbocycles. The maximum absolute atomic E-state index is 6.03. The molecule has 0 heterocycles. The summed E-state index contributed by atoms with van der Waals surface area (Å²) < 4.78 is 6.03. The van der Waals surface area contributed by atoms with Gasteiger partial charge in [0.2, 0.25) is 0 Å². The number of hydrogen-bond donors (Lipinski definition) is 1. The monoisotopic (exact) mass is 250 g/mol. The smallest absolute Gasteiger partial charge is 0.122 e. The second kappa shape index (κ2) is 5.34. The standard InChI is InChI=1S/C15H22OS/c1-3-12(2)13-6-4-5-7-14(13)16-10-15(11-17)8-9-15/h4-7,12,17H,3,8-11H2,1-2H3. The average molecular weight is 250 g/mol. The van der Waals surface area contributed by atoms with Crippen LogP contribution in [-0.2, 0) is 0 Å². The molecule has 1 aliphatic carbocycles. The van der Waals surface area contributed by atoms with Gasteiger partial charge in [-0.15, -0.1) is 0 Å². The van der Waals surface area contributed by atoms with Crippen LogP contribution in [-0.4, -0.2) is 12.4 Å². The maximum Gasteiger partial charge on any atom is 0.122 e. The van der Waals surface area contributed by atoms with E-state index < -0.39 is 0 Å². The summed E-state index contributed by atoms with van der Waals surface area (Å²) in [4.78, 5) is 0. The lowest BCUT2D eigenvalue weighted by Crippen LogP contribution is -2.15. The van der Waals surface area contributed by atoms with Crippen molar-refractivity contribution in [2.24, 2.45) is 5.41 Å². The van der Waals surface area contributed by atoms with Gasteiger partial charge in [0.05, 0.1) is 6.61 Å². The quantitative estimate of drug-likeness (QED) is 0.741. The summed E-state index contributed by atoms with van der Waals surface area (Å²) in [6, 6.07) is 8.43. The Labute approximate surface area is 110 Å². The van der Waals surface area contributed by atoms with Gasteiger partial charge in [0, 0.05) is 5.41 Å². The SMILES string of the molecule is CCC(C)c1ccccc1OCC1(CS)CC1. The van der Waals surface area contributed by atoms with Gasteiger partial charge in [-0.25, -0.2) is 0 Å². The highest BCUT2D eigenvalue weighted by Crippen LogP contribution is 2.47. The van der Waals surface area contributed by atoms with Crippen molar-refractivity contribution in [1.82, 2.24) is 0 Å². The van der Waals surface area contributed by atoms with Crippen LogP contribution < -0.4 is 4.74 Å². The Kier molecular flexibility index (Phi) is 4.03. The van der Waals surface area contributed by atoms with Crippen LogP contribution in [0.2, 0.25) is 0 Å². The van der Waals surface area contributed by atoms with Gasteiger partial charge >= 0.3 is 0 Å². The van der Waals surface area contributed by atoms with E-state index >= 15 is 0 Å². The second-order valence-electron chi connectivity index (χ2n) is 5.29. The van der Waals surface area contributed by atoms with Crippen molar-refractivity contribution in [3.63, 3.8) is 0 Å². The summed E-state index contributed by atoms with van der Waals surface area (Å²) in [6.07, 6.45) is 3.68. The number of benzene rings is 1. The molecule has 0 saturated heterocycles. The fourth-order valence-corrected chi connectivity index (χ4v) is 2.40. The molecule has 17 heavy (non-hydrogen) atoms. The summed E-state index contributed by atoms with van der Waals surface area (Å²) in [5.41, 5.74) is 1.70. The van der Waals surface area contributed by atoms with Crippen molar-refractivity contribution in [3.8, 4) is 5.75 Å². The normalized spacial score (nSPS) is 18.8. The van der Waals surface area contributed by atoms with Gasteiger partial charge in [0.25, 0.3) is 0 Å². The summed E-state index contributed by atoms with van der Waals surface area (Å²) >= 11 is 4.41. The Hall–Kier alpha value is -0.630. The highest BCUT2D eigenvalue weighted by Gasteiger charge is 2.42. The van der Waals surface area contributed by atoms with Gasteiger partial charge < -0.3 is 4.74 Å². The fraction of sp³-hybridized carbons (Fsp3) is 0.600. The van der Waals surface area contributed by atoms with Crippen LogP contribution in [0, 0.1) is 5.41 Å². The zero-order valence-electron chi connectivity index (χ0n) is 10.8. The predicted molar refractivity (Wildman–Crippen MR) is 76.2 cm³/mol. The lowest BCUT2D eigenvalue weighted by molar-refractivity contribution is 0.247. The molecule has 1 aromatic carbocycles. The molecule has 1 atom stereocenters. The van der Waals surface area contributed by atoms with Crippen LogP contribution in [0.15, 0.2) is 24.3 Å². The van der Waals surface area contributed by atoms with Gasteiger partial charge in [-0.3, -0.25) is 0 Å². The number of para-hydroxylation sites is 1. The van der Waals surface area contributed by atoms with Crippen molar-refractivity contribution >= 4 is 12.6 Å². The summed E-state index contributed by atoms with van der Waals surface area (Å²) in [5, 5.41) is 0. The van der Waals surface area contributed by atoms with E-state index in [4.69, 9.17) is 4.74 Å². The summed E-state index contributed by atoms with van der Waals surface area (Å²) in [5.74, 6) is 2.57. The maximum atomic E-state index is 6.03. The van der Waals surface area contributed by atoms with E-state index in [0.29, 0.717) is 11.3 Å². The van der Waals surface area contributed by atoms with Gasteiger partial charge in [-0.2, -0.15) is 12.6 Å². The lowest BCUT2D eigenvalue weighted by Gasteiger charge is -2.18. The zero-order valence-corrected chi connectivity index (χ0v) is 11.7. The van der Waals surface area contributed by atoms with E-state index in [1.165, 1.54) is 18.4 Å². The van der Waals surface area contributed by atoms with Crippen LogP contribution in [0.25, 0.3) is 0 Å². The minimum absolute atomic E-state index is 0.367. The molecule has 94 valence electrons. The molecule has 0 spiro atoms. The van der Waals surface area contributed by atoms with Crippen molar-refractivity contribution in [1.29, 1.82) is 0 Å². The fourth-order valence-electron chi connectivity index (χ4n) is 1.99. The van der Waals surface area contributed by atoms with Crippen molar-refractivity contribution < 1.29 is 4.74 Å². The van der Waals surface area contributed by atoms with E-state index in [1.807, 2.05) is 0 Å². The zero-order chi connectivity index (χ0) is 12.3. The molecule has 1 aromatic rings. The molecule has 0 radical (unpaired) electrons. The van der Waals surface area contributed by atoms with Crippen LogP contribution in [0.1, 0.15) is 44.6 Å². The second-order valence-corrected chi connectivity index (χ2v) is 5.61. The van der Waals surface area contributed by atoms with E-state index in [-0.39, 0.29) is 0 Å². The topological polar surface area (TPSA) is 9.23 Å². The largest absolute Gasteiger partial charge is 0.493 e. The van der Waals surface area contributed by atoms with Crippen LogP contribution >= 0.6 is 12.6 Å². The number of ether oxygens (including phenoxy) is 1. The first-order chi connectivity index (χ1) is 8.21. The Morgan fingerprint density at radius 1 is 1.35 bits per heavy atom. The molecule has 0 bridgehead atoms. The van der Waals surface area contributed by atoms with E-state index in [9.17, 15) is 0 Å². The van der Waals surface area contributed by atoms with Crippen LogP contribution in [0.5, 0.6) is 5.75 Å². The Morgan fingerprint density at radius 2 is 2.06 bits per heavy atom. The molecular weight excluding hydrogens is 228 g/mol. The highest BCUT2D eigenvalue weighted by molar-refractivity contribution is 7.80. The highest BCUT2D eigenvalue weighted by atomic mass is 32.1. The Balaban J connectivity index is 2.04. The van der Waals surface area contributed by atoms with Crippen LogP contribution in [0.3, 0.4) is 0 Å². The summed E-state index contributed by atoms with van der Waals surface area (Å²) in [6.45, 7) is 5.30. The van der Waals surface area contributed by atoms with Gasteiger partial charge in [-0.1, -0.05) is 32.0 Å². The first kappa shape index (κ1) is 12.8. The predicted octanol–water partition coefficient (Wildman–Crippen LogP) is 4.29. The minimum atomic E-state index is 0.367. The molecule has 0 aliphatic heterocycles. The van der Waals surface area contributed by atoms with Crippen molar-refractivity contribution in [2.75, 3.05) is 12.4 Å². The molecule has 1 fully saturated rings. The molecule has 1 unspecified atom stereocenters. The molecule has 0 amide bonds. The first-order valence-corrected chi connectivity index (χ1v) is 7.16. The molecular formula is C15H22OS. The summed E-state index contributed by atoms with van der Waals surface area (Å²) in [7, 11) is 0. The van der Waals surface area contributed by atoms with E-state index in [2.05, 4.69) is 50.7 Å². The van der Waals surface area contributed by atoms with E-state index in [0.717, 1.165) is 24.5 Å². The third-order valence-corrected chi connectivity index (χ3v) is 4.56. The third-order valence-electron chi connectivity index (χ3n) is 3.89.